The van der Waals surface area contributed by atoms with E-state index in [-0.39, 0.29) is 12.5 Å². The highest BCUT2D eigenvalue weighted by molar-refractivity contribution is 5.95. The lowest BCUT2D eigenvalue weighted by Gasteiger charge is -2.28. The van der Waals surface area contributed by atoms with Crippen molar-refractivity contribution >= 4 is 12.1 Å². The van der Waals surface area contributed by atoms with Crippen LogP contribution >= 0.6 is 0 Å². The average molecular weight is 276 g/mol. The Morgan fingerprint density at radius 1 is 1.50 bits per heavy atom. The maximum absolute atomic E-state index is 12.2. The second-order valence-electron chi connectivity index (χ2n) is 5.34. The molecule has 1 aliphatic rings. The molecule has 1 aliphatic carbocycles. The van der Waals surface area contributed by atoms with Crippen LogP contribution in [0.1, 0.15) is 35.7 Å². The van der Waals surface area contributed by atoms with Crippen LogP contribution in [0.15, 0.2) is 29.4 Å². The zero-order chi connectivity index (χ0) is 14.6. The third-order valence-corrected chi connectivity index (χ3v) is 3.69. The van der Waals surface area contributed by atoms with Crippen LogP contribution in [0, 0.1) is 5.92 Å². The normalized spacial score (nSPS) is 17.8. The Labute approximate surface area is 118 Å². The van der Waals surface area contributed by atoms with Crippen molar-refractivity contribution in [2.45, 2.75) is 25.3 Å². The Balaban J connectivity index is 2.03. The van der Waals surface area contributed by atoms with E-state index >= 15 is 0 Å². The monoisotopic (exact) mass is 276 g/mol. The third-order valence-electron chi connectivity index (χ3n) is 3.69. The minimum atomic E-state index is -0.521. The third kappa shape index (κ3) is 3.36. The number of amides is 1. The Hall–Kier alpha value is -1.88. The van der Waals surface area contributed by atoms with Gasteiger partial charge in [0.25, 0.3) is 5.91 Å². The van der Waals surface area contributed by atoms with Crippen molar-refractivity contribution in [3.63, 3.8) is 0 Å². The molecule has 5 heteroatoms. The number of aliphatic hydroxyl groups excluding tert-OH is 1. The van der Waals surface area contributed by atoms with Gasteiger partial charge in [-0.1, -0.05) is 17.3 Å². The van der Waals surface area contributed by atoms with E-state index in [1.807, 2.05) is 6.92 Å². The maximum atomic E-state index is 12.2. The molecule has 0 aromatic heterocycles. The minimum Gasteiger partial charge on any atom is -0.399 e. The van der Waals surface area contributed by atoms with E-state index in [0.717, 1.165) is 18.4 Å². The summed E-state index contributed by atoms with van der Waals surface area (Å²) in [6, 6.07) is 7.06. The van der Waals surface area contributed by atoms with Gasteiger partial charge in [0, 0.05) is 5.56 Å². The molecule has 1 saturated carbocycles. The van der Waals surface area contributed by atoms with E-state index < -0.39 is 5.54 Å². The number of carbonyl (C=O) groups is 1. The van der Waals surface area contributed by atoms with Crippen molar-refractivity contribution in [2.24, 2.45) is 11.1 Å². The van der Waals surface area contributed by atoms with Crippen molar-refractivity contribution in [1.29, 1.82) is 0 Å². The van der Waals surface area contributed by atoms with Gasteiger partial charge >= 0.3 is 0 Å². The Morgan fingerprint density at radius 2 is 2.15 bits per heavy atom. The second kappa shape index (κ2) is 6.05. The predicted molar refractivity (Wildman–Crippen MR) is 76.7 cm³/mol. The Kier molecular flexibility index (Phi) is 4.39. The maximum Gasteiger partial charge on any atom is 0.251 e. The summed E-state index contributed by atoms with van der Waals surface area (Å²) < 4.78 is 0. The zero-order valence-corrected chi connectivity index (χ0v) is 11.8. The molecule has 1 aromatic rings. The van der Waals surface area contributed by atoms with Gasteiger partial charge in [-0.05, 0) is 43.4 Å². The minimum absolute atomic E-state index is 0.0397. The number of aliphatic hydroxyl groups is 1. The average Bonchev–Trinajstić information content (AvgIpc) is 3.30. The number of benzene rings is 1. The number of hydrogen-bond acceptors (Lipinski definition) is 4. The van der Waals surface area contributed by atoms with E-state index in [1.54, 1.807) is 30.5 Å². The van der Waals surface area contributed by atoms with Gasteiger partial charge in [-0.3, -0.25) is 4.79 Å². The lowest BCUT2D eigenvalue weighted by atomic mass is 9.96. The number of oxime groups is 1. The van der Waals surface area contributed by atoms with E-state index in [9.17, 15) is 9.90 Å². The summed E-state index contributed by atoms with van der Waals surface area (Å²) in [6.45, 7) is 1.85. The molecule has 2 rings (SSSR count). The van der Waals surface area contributed by atoms with Crippen LogP contribution in [0.4, 0.5) is 0 Å². The van der Waals surface area contributed by atoms with Crippen LogP contribution in [0.25, 0.3) is 0 Å². The van der Waals surface area contributed by atoms with Gasteiger partial charge < -0.3 is 15.3 Å². The van der Waals surface area contributed by atoms with Crippen molar-refractivity contribution < 1.29 is 14.7 Å². The molecule has 1 atom stereocenters. The first-order valence-electron chi connectivity index (χ1n) is 6.69. The topological polar surface area (TPSA) is 70.9 Å². The van der Waals surface area contributed by atoms with Gasteiger partial charge in [0.15, 0.2) is 0 Å². The molecule has 2 N–H and O–H groups in total. The molecule has 108 valence electrons. The van der Waals surface area contributed by atoms with Crippen molar-refractivity contribution in [1.82, 2.24) is 5.32 Å². The number of carbonyl (C=O) groups excluding carboxylic acids is 1. The van der Waals surface area contributed by atoms with Gasteiger partial charge in [0.1, 0.15) is 7.11 Å². The van der Waals surface area contributed by atoms with E-state index in [2.05, 4.69) is 15.3 Å². The van der Waals surface area contributed by atoms with Gasteiger partial charge in [-0.25, -0.2) is 0 Å². The van der Waals surface area contributed by atoms with Crippen molar-refractivity contribution in [3.05, 3.63) is 35.4 Å². The first-order valence-corrected chi connectivity index (χ1v) is 6.69. The van der Waals surface area contributed by atoms with E-state index in [0.29, 0.717) is 11.5 Å². The fourth-order valence-electron chi connectivity index (χ4n) is 2.16. The summed E-state index contributed by atoms with van der Waals surface area (Å²) in [6.07, 6.45) is 3.69. The van der Waals surface area contributed by atoms with E-state index in [4.69, 9.17) is 0 Å². The number of nitrogens with zero attached hydrogens (tertiary/aromatic N) is 1. The van der Waals surface area contributed by atoms with Gasteiger partial charge in [-0.15, -0.1) is 0 Å². The molecule has 1 aromatic carbocycles. The standard InChI is InChI=1S/C15H20N2O3/c1-15(10-18,13-7-8-13)17-14(19)12-5-3-11(4-6-12)9-16-20-2/h3-6,9,13,18H,7-8,10H2,1-2H3,(H,17,19)/b16-9+. The summed E-state index contributed by atoms with van der Waals surface area (Å²) in [5.41, 5.74) is 0.906. The zero-order valence-electron chi connectivity index (χ0n) is 11.8. The molecule has 0 heterocycles. The van der Waals surface area contributed by atoms with Crippen LogP contribution in [0.5, 0.6) is 0 Å². The molecule has 0 bridgehead atoms. The van der Waals surface area contributed by atoms with Crippen LogP contribution in [0.2, 0.25) is 0 Å². The molecule has 1 unspecified atom stereocenters. The quantitative estimate of drug-likeness (QED) is 0.612. The lowest BCUT2D eigenvalue weighted by Crippen LogP contribution is -2.50. The number of nitrogens with one attached hydrogen (secondary N) is 1. The van der Waals surface area contributed by atoms with Gasteiger partial charge in [-0.2, -0.15) is 0 Å². The van der Waals surface area contributed by atoms with Crippen molar-refractivity contribution in [3.8, 4) is 0 Å². The molecular weight excluding hydrogens is 256 g/mol. The number of rotatable bonds is 6. The summed E-state index contributed by atoms with van der Waals surface area (Å²) in [7, 11) is 1.48. The SMILES string of the molecule is CO/N=C/c1ccc(C(=O)NC(C)(CO)C2CC2)cc1. The molecule has 0 spiro atoms. The van der Waals surface area contributed by atoms with Crippen LogP contribution < -0.4 is 5.32 Å². The Morgan fingerprint density at radius 3 is 2.65 bits per heavy atom. The number of hydrogen-bond donors (Lipinski definition) is 2. The lowest BCUT2D eigenvalue weighted by molar-refractivity contribution is 0.0824. The molecule has 20 heavy (non-hydrogen) atoms. The van der Waals surface area contributed by atoms with Gasteiger partial charge in [0.2, 0.25) is 0 Å². The highest BCUT2D eigenvalue weighted by Gasteiger charge is 2.42. The fourth-order valence-corrected chi connectivity index (χ4v) is 2.16. The van der Waals surface area contributed by atoms with Gasteiger partial charge in [0.05, 0.1) is 18.4 Å². The Bertz CT molecular complexity index is 494. The predicted octanol–water partition coefficient (Wildman–Crippen LogP) is 1.56. The summed E-state index contributed by atoms with van der Waals surface area (Å²) >= 11 is 0. The summed E-state index contributed by atoms with van der Waals surface area (Å²) in [4.78, 5) is 16.8. The highest BCUT2D eigenvalue weighted by Crippen LogP contribution is 2.39. The summed E-state index contributed by atoms with van der Waals surface area (Å²) in [5.74, 6) is 0.216. The molecular formula is C15H20N2O3. The smallest absolute Gasteiger partial charge is 0.251 e. The largest absolute Gasteiger partial charge is 0.399 e. The van der Waals surface area contributed by atoms with Crippen LogP contribution in [0.3, 0.4) is 0 Å². The first kappa shape index (κ1) is 14.5. The summed E-state index contributed by atoms with van der Waals surface area (Å²) in [5, 5.41) is 16.1. The molecule has 0 aliphatic heterocycles. The first-order chi connectivity index (χ1) is 9.59. The van der Waals surface area contributed by atoms with Crippen LogP contribution in [-0.4, -0.2) is 36.5 Å². The van der Waals surface area contributed by atoms with Crippen molar-refractivity contribution in [2.75, 3.05) is 13.7 Å². The molecule has 0 saturated heterocycles. The second-order valence-corrected chi connectivity index (χ2v) is 5.34. The van der Waals surface area contributed by atoms with E-state index in [1.165, 1.54) is 7.11 Å². The molecule has 1 amide bonds. The molecule has 5 nitrogen and oxygen atoms in total. The van der Waals surface area contributed by atoms with Crippen LogP contribution in [-0.2, 0) is 4.84 Å². The fraction of sp³-hybridized carbons (Fsp3) is 0.467. The molecule has 0 radical (unpaired) electrons. The highest BCUT2D eigenvalue weighted by atomic mass is 16.6. The molecule has 1 fully saturated rings.